The molecule has 0 saturated carbocycles. The van der Waals surface area contributed by atoms with Crippen molar-refractivity contribution in [1.29, 1.82) is 5.26 Å². The number of nitriles is 1. The molecule has 0 bridgehead atoms. The van der Waals surface area contributed by atoms with Crippen molar-refractivity contribution in [3.63, 3.8) is 0 Å². The van der Waals surface area contributed by atoms with Gasteiger partial charge in [-0.1, -0.05) is 134 Å². The van der Waals surface area contributed by atoms with Gasteiger partial charge in [0.25, 0.3) is 25.6 Å². The average molecular weight is 1780 g/mol. The summed E-state index contributed by atoms with van der Waals surface area (Å²) < 4.78 is 121. The summed E-state index contributed by atoms with van der Waals surface area (Å²) in [4.78, 5) is 106. The maximum atomic E-state index is 16.5. The van der Waals surface area contributed by atoms with Crippen LogP contribution in [0.15, 0.2) is 191 Å². The molecule has 11 aromatic rings. The van der Waals surface area contributed by atoms with Crippen molar-refractivity contribution in [2.75, 3.05) is 51.3 Å². The van der Waals surface area contributed by atoms with Gasteiger partial charge in [-0.3, -0.25) is 66.6 Å². The van der Waals surface area contributed by atoms with Crippen LogP contribution in [0.1, 0.15) is 130 Å². The van der Waals surface area contributed by atoms with Gasteiger partial charge < -0.3 is 51.8 Å². The Kier molecular flexibility index (Phi) is 28.0. The molecule has 3 saturated heterocycles. The Morgan fingerprint density at radius 3 is 1.92 bits per heavy atom. The Bertz CT molecular complexity index is 5870. The maximum Gasteiger partial charge on any atom is 0.530 e. The summed E-state index contributed by atoms with van der Waals surface area (Å²) in [5.41, 5.74) is -0.572. The second-order valence-electron chi connectivity index (χ2n) is 29.9. The number of nitrogens with zero attached hydrogens (tertiary/aromatic N) is 10. The third-order valence-corrected chi connectivity index (χ3v) is 25.9. The molecule has 0 radical (unpaired) electrons. The molecule has 3 aliphatic rings. The highest BCUT2D eigenvalue weighted by Gasteiger charge is 2.50. The number of benzene rings is 6. The zero-order valence-corrected chi connectivity index (χ0v) is 72.2. The van der Waals surface area contributed by atoms with E-state index in [1.54, 1.807) is 105 Å². The SMILES string of the molecule is COc1ccc(C(OC[C@H]2O[C@@H](n3cc(C)c(=O)[nH]c3=O)C[C@@H]2OP(=O)(OC[C@@H]2O[C@@H](n3cnc4c(NC(=O)c5ccccc5)ncnc43)C[C@H]2c2cccc(OP(=O)(O)OC[C@H]3O[C@@H](n4cnc5c(=O)[nH]c(NC(=O)C(C)C)nc54)C[C@@H]3OP(OCCC#N)N(C(C)C)C(C)C)c2Cl)Oc2ccccc2Cl)(c2ccccc2)c2ccc(OC)cc2)cc1. The predicted molar refractivity (Wildman–Crippen MR) is 452 cm³/mol. The number of phosphoric acid groups is 2. The largest absolute Gasteiger partial charge is 0.530 e. The van der Waals surface area contributed by atoms with Gasteiger partial charge in [0, 0.05) is 60.5 Å². The molecule has 40 heteroatoms. The molecular formula is C83H89Cl2N14O21P3. The number of phosphoric ester groups is 2. The minimum Gasteiger partial charge on any atom is -0.497 e. The zero-order chi connectivity index (χ0) is 87.0. The van der Waals surface area contributed by atoms with E-state index >= 15 is 4.57 Å². The van der Waals surface area contributed by atoms with Crippen molar-refractivity contribution in [3.8, 4) is 29.1 Å². The highest BCUT2D eigenvalue weighted by Crippen LogP contribution is 2.58. The number of H-pyrrole nitrogens is 2. The number of fused-ring (bicyclic) bond motifs is 2. The van der Waals surface area contributed by atoms with Gasteiger partial charge in [-0.2, -0.15) is 10.2 Å². The van der Waals surface area contributed by atoms with Gasteiger partial charge in [-0.05, 0) is 111 Å². The maximum absolute atomic E-state index is 16.5. The summed E-state index contributed by atoms with van der Waals surface area (Å²) in [5.74, 6) is -1.80. The van der Waals surface area contributed by atoms with Crippen molar-refractivity contribution in [2.24, 2.45) is 5.92 Å². The van der Waals surface area contributed by atoms with Gasteiger partial charge in [-0.15, -0.1) is 0 Å². The quantitative estimate of drug-likeness (QED) is 0.0138. The van der Waals surface area contributed by atoms with Gasteiger partial charge >= 0.3 is 21.3 Å². The fourth-order valence-electron chi connectivity index (χ4n) is 14.8. The predicted octanol–water partition coefficient (Wildman–Crippen LogP) is 14.4. The van der Waals surface area contributed by atoms with E-state index in [1.807, 2.05) is 87.0 Å². The number of anilines is 2. The number of nitrogens with one attached hydrogen (secondary N) is 4. The second-order valence-corrected chi connectivity index (χ2v) is 35.0. The third-order valence-electron chi connectivity index (χ3n) is 20.7. The normalized spacial score (nSPS) is 20.4. The molecular weight excluding hydrogens is 1690 g/mol. The van der Waals surface area contributed by atoms with Gasteiger partial charge in [0.15, 0.2) is 28.1 Å². The first-order valence-corrected chi connectivity index (χ1v) is 44.1. The van der Waals surface area contributed by atoms with E-state index in [4.69, 9.17) is 83.3 Å². The molecule has 123 heavy (non-hydrogen) atoms. The Labute approximate surface area is 716 Å². The number of hydrogen-bond donors (Lipinski definition) is 5. The molecule has 14 rings (SSSR count). The number of para-hydroxylation sites is 1. The highest BCUT2D eigenvalue weighted by molar-refractivity contribution is 7.49. The lowest BCUT2D eigenvalue weighted by Crippen LogP contribution is -2.38. The fourth-order valence-corrected chi connectivity index (χ4v) is 19.3. The number of methoxy groups -OCH3 is 2. The van der Waals surface area contributed by atoms with Gasteiger partial charge in [-0.25, -0.2) is 38.5 Å². The van der Waals surface area contributed by atoms with Crippen LogP contribution in [0.2, 0.25) is 10.0 Å². The van der Waals surface area contributed by atoms with Crippen LogP contribution < -0.4 is 46.0 Å². The van der Waals surface area contributed by atoms with Crippen LogP contribution in [0.3, 0.4) is 0 Å². The number of aromatic amines is 2. The lowest BCUT2D eigenvalue weighted by atomic mass is 9.80. The topological polar surface area (TPSA) is 422 Å². The van der Waals surface area contributed by atoms with E-state index in [0.29, 0.717) is 33.8 Å². The molecule has 646 valence electrons. The molecule has 0 spiro atoms. The summed E-state index contributed by atoms with van der Waals surface area (Å²) in [7, 11) is -9.40. The lowest BCUT2D eigenvalue weighted by Gasteiger charge is -2.37. The molecule has 3 fully saturated rings. The number of carbonyl (C=O) groups excluding carboxylic acids is 2. The molecule has 3 unspecified atom stereocenters. The van der Waals surface area contributed by atoms with Crippen LogP contribution in [0.5, 0.6) is 23.0 Å². The highest BCUT2D eigenvalue weighted by atomic mass is 35.5. The Balaban J connectivity index is 0.801. The summed E-state index contributed by atoms with van der Waals surface area (Å²) in [6.45, 7) is 10.9. The first kappa shape index (κ1) is 88.9. The Hall–Kier alpha value is -10.4. The Morgan fingerprint density at radius 1 is 0.667 bits per heavy atom. The van der Waals surface area contributed by atoms with Crippen LogP contribution in [-0.2, 0) is 61.1 Å². The first-order valence-electron chi connectivity index (χ1n) is 39.3. The molecule has 5 aromatic heterocycles. The first-order chi connectivity index (χ1) is 59.1. The smallest absolute Gasteiger partial charge is 0.497 e. The molecule has 3 aliphatic heterocycles. The third kappa shape index (κ3) is 20.0. The lowest BCUT2D eigenvalue weighted by molar-refractivity contribution is -0.119. The van der Waals surface area contributed by atoms with Crippen LogP contribution in [0.25, 0.3) is 22.3 Å². The number of ether oxygens (including phenoxy) is 6. The van der Waals surface area contributed by atoms with Crippen LogP contribution in [-0.4, -0.2) is 153 Å². The number of aryl methyl sites for hydroxylation is 1. The number of amides is 2. The number of halogens is 2. The summed E-state index contributed by atoms with van der Waals surface area (Å²) in [6.07, 6.45) is -4.35. The van der Waals surface area contributed by atoms with Gasteiger partial charge in [0.2, 0.25) is 11.9 Å². The Morgan fingerprint density at radius 2 is 1.26 bits per heavy atom. The number of rotatable bonds is 36. The van der Waals surface area contributed by atoms with E-state index in [1.165, 1.54) is 65.5 Å². The molecule has 8 heterocycles. The molecule has 6 aromatic carbocycles. The van der Waals surface area contributed by atoms with E-state index in [-0.39, 0.29) is 118 Å². The van der Waals surface area contributed by atoms with Gasteiger partial charge in [0.1, 0.15) is 71.9 Å². The second kappa shape index (κ2) is 38.8. The molecule has 12 atom stereocenters. The van der Waals surface area contributed by atoms with Crippen LogP contribution >= 0.6 is 47.4 Å². The van der Waals surface area contributed by atoms with Crippen molar-refractivity contribution in [2.45, 2.75) is 147 Å². The summed E-state index contributed by atoms with van der Waals surface area (Å²) in [6, 6.07) is 44.9. The number of aromatic nitrogens is 10. The van der Waals surface area contributed by atoms with Gasteiger partial charge in [0.05, 0.1) is 88.0 Å². The van der Waals surface area contributed by atoms with Crippen molar-refractivity contribution >= 4 is 93.3 Å². The van der Waals surface area contributed by atoms with E-state index < -0.39 is 133 Å². The van der Waals surface area contributed by atoms with Crippen molar-refractivity contribution < 1.29 is 83.7 Å². The van der Waals surface area contributed by atoms with Crippen molar-refractivity contribution in [1.82, 2.24) is 53.3 Å². The van der Waals surface area contributed by atoms with Crippen LogP contribution in [0, 0.1) is 24.2 Å². The molecule has 35 nitrogen and oxygen atoms in total. The average Bonchev–Trinajstić information content (AvgIpc) is 1.75. The molecule has 2 amide bonds. The number of carbonyl (C=O) groups is 2. The summed E-state index contributed by atoms with van der Waals surface area (Å²) in [5, 5.41) is 14.8. The molecule has 5 N–H and O–H groups in total. The molecule has 0 aliphatic carbocycles. The van der Waals surface area contributed by atoms with Crippen LogP contribution in [0.4, 0.5) is 11.8 Å². The zero-order valence-electron chi connectivity index (χ0n) is 68.0. The van der Waals surface area contributed by atoms with E-state index in [0.717, 1.165) is 0 Å². The number of imidazole rings is 2. The number of hydrogen-bond acceptors (Lipinski definition) is 27. The van der Waals surface area contributed by atoms with Crippen molar-refractivity contribution in [3.05, 3.63) is 251 Å². The summed E-state index contributed by atoms with van der Waals surface area (Å²) >= 11 is 14.3. The standard InChI is InChI=1S/C83H89Cl2N14O21P3/c1-48(2)77(100)93-81-92-76-73(80(103)94-81)90-47-98(76)70-39-63(117-121(111-37-19-36-86)99(49(3)4)50(5)6)67(116-70)44-112-122(105,106)118-62-27-18-24-58(71(62)85)59-38-68(97-46-89-72-74(87-45-88-75(72)97)91-79(102)52-20-12-10-13-21-52)114-65(59)43-113-123(107,119-61-26-17-16-25-60(61)84)120-64-40-69(96-41-51(7)78(101)95-82(96)104)115-66(64)42-110-83(53-22-14-11-15-23-53,54-28-32-56(108-8)33-29-54)55-30-34-57(109-9)35-31-55/h10-18,20-35,41,45-50,59,63-70H,19,37-40,42-44H2,1-9H3,(H,105,106)(H,95,101,104)(H,87,88,91,102)(H2,92,93,94,100,103)/t59-,63-,64-,65-,66+,67+,68+,69+,70+,121?,123?/m0/s1. The minimum atomic E-state index is -5.32. The minimum absolute atomic E-state index is 0.00139. The monoisotopic (exact) mass is 1780 g/mol. The van der Waals surface area contributed by atoms with E-state index in [2.05, 4.69) is 51.6 Å². The van der Waals surface area contributed by atoms with E-state index in [9.17, 15) is 38.7 Å². The fraction of sp³-hybridized carbons (Fsp3) is 0.361.